The van der Waals surface area contributed by atoms with Crippen LogP contribution in [0.4, 0.5) is 0 Å². The lowest BCUT2D eigenvalue weighted by atomic mass is 9.54. The summed E-state index contributed by atoms with van der Waals surface area (Å²) in [7, 11) is 2.12. The highest BCUT2D eigenvalue weighted by atomic mass is 32.1. The van der Waals surface area contributed by atoms with Crippen LogP contribution in [0.3, 0.4) is 0 Å². The number of likely N-dealkylation sites (N-methyl/N-ethyl adjacent to an activating group) is 1. The molecule has 2 atom stereocenters. The van der Waals surface area contributed by atoms with Crippen LogP contribution in [0.2, 0.25) is 0 Å². The lowest BCUT2D eigenvalue weighted by molar-refractivity contribution is -0.155. The number of hydrogen-bond donors (Lipinski definition) is 1. The van der Waals surface area contributed by atoms with E-state index in [4.69, 9.17) is 10.5 Å². The van der Waals surface area contributed by atoms with E-state index >= 15 is 0 Å². The van der Waals surface area contributed by atoms with Crippen LogP contribution >= 0.6 is 11.3 Å². The second kappa shape index (κ2) is 5.72. The Morgan fingerprint density at radius 2 is 2.25 bits per heavy atom. The van der Waals surface area contributed by atoms with Crippen LogP contribution < -0.4 is 5.73 Å². The summed E-state index contributed by atoms with van der Waals surface area (Å²) in [6, 6.07) is 0. The van der Waals surface area contributed by atoms with Crippen molar-refractivity contribution in [2.24, 2.45) is 11.1 Å². The Bertz CT molecular complexity index is 460. The van der Waals surface area contributed by atoms with Gasteiger partial charge < -0.3 is 10.5 Å². The molecule has 0 saturated heterocycles. The van der Waals surface area contributed by atoms with Crippen molar-refractivity contribution in [1.29, 1.82) is 0 Å². The number of thiazole rings is 1. The van der Waals surface area contributed by atoms with Crippen molar-refractivity contribution in [3.8, 4) is 0 Å². The highest BCUT2D eigenvalue weighted by Crippen LogP contribution is 2.50. The van der Waals surface area contributed by atoms with Crippen molar-refractivity contribution < 1.29 is 4.74 Å². The average molecular weight is 297 g/mol. The fourth-order valence-corrected chi connectivity index (χ4v) is 3.67. The molecule has 0 aromatic carbocycles. The van der Waals surface area contributed by atoms with Crippen LogP contribution in [-0.2, 0) is 11.3 Å². The summed E-state index contributed by atoms with van der Waals surface area (Å²) >= 11 is 1.70. The van der Waals surface area contributed by atoms with E-state index in [1.165, 1.54) is 0 Å². The molecule has 1 aliphatic rings. The van der Waals surface area contributed by atoms with E-state index in [2.05, 4.69) is 36.2 Å². The van der Waals surface area contributed by atoms with E-state index in [9.17, 15) is 0 Å². The molecule has 0 amide bonds. The van der Waals surface area contributed by atoms with Gasteiger partial charge in [-0.1, -0.05) is 13.8 Å². The zero-order valence-electron chi connectivity index (χ0n) is 13.3. The molecule has 0 aliphatic heterocycles. The standard InChI is InChI=1S/C15H27N3OS/c1-6-19-13-7-15(16,14(13,3)4)10-18(5)8-12-9-20-11(2)17-12/h9,13H,6-8,10,16H2,1-5H3. The first-order valence-electron chi connectivity index (χ1n) is 7.28. The molecule has 114 valence electrons. The summed E-state index contributed by atoms with van der Waals surface area (Å²) in [6.45, 7) is 11.0. The van der Waals surface area contributed by atoms with Gasteiger partial charge >= 0.3 is 0 Å². The number of rotatable bonds is 6. The van der Waals surface area contributed by atoms with E-state index in [0.717, 1.165) is 36.8 Å². The molecule has 0 radical (unpaired) electrons. The molecule has 2 unspecified atom stereocenters. The minimum atomic E-state index is -0.174. The Kier molecular flexibility index (Phi) is 4.54. The summed E-state index contributed by atoms with van der Waals surface area (Å²) in [6.07, 6.45) is 1.22. The van der Waals surface area contributed by atoms with E-state index in [-0.39, 0.29) is 17.1 Å². The zero-order chi connectivity index (χ0) is 15.0. The Morgan fingerprint density at radius 3 is 2.75 bits per heavy atom. The highest BCUT2D eigenvalue weighted by Gasteiger charge is 2.58. The number of ether oxygens (including phenoxy) is 1. The van der Waals surface area contributed by atoms with E-state index in [1.54, 1.807) is 11.3 Å². The van der Waals surface area contributed by atoms with Crippen LogP contribution in [0, 0.1) is 12.3 Å². The number of nitrogens with zero attached hydrogens (tertiary/aromatic N) is 2. The van der Waals surface area contributed by atoms with Gasteiger partial charge in [0.25, 0.3) is 0 Å². The van der Waals surface area contributed by atoms with Gasteiger partial charge in [-0.25, -0.2) is 4.98 Å². The summed E-state index contributed by atoms with van der Waals surface area (Å²) in [4.78, 5) is 6.79. The normalized spacial score (nSPS) is 28.6. The maximum Gasteiger partial charge on any atom is 0.0897 e. The quantitative estimate of drug-likeness (QED) is 0.876. The zero-order valence-corrected chi connectivity index (χ0v) is 14.1. The van der Waals surface area contributed by atoms with Gasteiger partial charge in [0, 0.05) is 36.0 Å². The minimum absolute atomic E-state index is 0.0231. The van der Waals surface area contributed by atoms with Gasteiger partial charge in [0.2, 0.25) is 0 Å². The van der Waals surface area contributed by atoms with Crippen LogP contribution in [0.15, 0.2) is 5.38 Å². The van der Waals surface area contributed by atoms with Crippen LogP contribution in [0.25, 0.3) is 0 Å². The largest absolute Gasteiger partial charge is 0.378 e. The molecule has 4 nitrogen and oxygen atoms in total. The fraction of sp³-hybridized carbons (Fsp3) is 0.800. The highest BCUT2D eigenvalue weighted by molar-refractivity contribution is 7.09. The molecule has 1 fully saturated rings. The van der Waals surface area contributed by atoms with Gasteiger partial charge in [0.1, 0.15) is 0 Å². The van der Waals surface area contributed by atoms with Gasteiger partial charge in [-0.3, -0.25) is 4.90 Å². The maximum atomic E-state index is 6.62. The molecule has 1 aromatic heterocycles. The minimum Gasteiger partial charge on any atom is -0.378 e. The molecule has 2 N–H and O–H groups in total. The Hall–Kier alpha value is -0.490. The molecular formula is C15H27N3OS. The second-order valence-corrected chi connectivity index (χ2v) is 7.62. The summed E-state index contributed by atoms with van der Waals surface area (Å²) < 4.78 is 5.78. The van der Waals surface area contributed by atoms with Crippen molar-refractivity contribution in [3.05, 3.63) is 16.1 Å². The third-order valence-electron chi connectivity index (χ3n) is 4.66. The van der Waals surface area contributed by atoms with Crippen molar-refractivity contribution in [2.75, 3.05) is 20.2 Å². The van der Waals surface area contributed by atoms with E-state index < -0.39 is 0 Å². The monoisotopic (exact) mass is 297 g/mol. The smallest absolute Gasteiger partial charge is 0.0897 e. The van der Waals surface area contributed by atoms with Crippen LogP contribution in [0.5, 0.6) is 0 Å². The first-order chi connectivity index (χ1) is 9.28. The van der Waals surface area contributed by atoms with E-state index in [1.807, 2.05) is 13.8 Å². The van der Waals surface area contributed by atoms with Gasteiger partial charge in [0.15, 0.2) is 0 Å². The Balaban J connectivity index is 1.92. The van der Waals surface area contributed by atoms with Crippen LogP contribution in [-0.4, -0.2) is 41.7 Å². The van der Waals surface area contributed by atoms with Crippen molar-refractivity contribution in [2.45, 2.75) is 52.3 Å². The average Bonchev–Trinajstić information content (AvgIpc) is 2.74. The molecule has 1 aliphatic carbocycles. The van der Waals surface area contributed by atoms with Gasteiger partial charge in [-0.2, -0.15) is 0 Å². The first-order valence-corrected chi connectivity index (χ1v) is 8.16. The molecule has 0 spiro atoms. The molecule has 1 heterocycles. The molecule has 5 heteroatoms. The molecular weight excluding hydrogens is 270 g/mol. The van der Waals surface area contributed by atoms with E-state index in [0.29, 0.717) is 0 Å². The van der Waals surface area contributed by atoms with Crippen molar-refractivity contribution in [1.82, 2.24) is 9.88 Å². The lowest BCUT2D eigenvalue weighted by Crippen LogP contribution is -2.73. The molecule has 1 saturated carbocycles. The first kappa shape index (κ1) is 15.9. The van der Waals surface area contributed by atoms with Gasteiger partial charge in [0.05, 0.1) is 16.8 Å². The SMILES string of the molecule is CCOC1CC(N)(CN(C)Cc2csc(C)n2)C1(C)C. The number of aromatic nitrogens is 1. The summed E-state index contributed by atoms with van der Waals surface area (Å²) in [5.41, 5.74) is 7.61. The predicted molar refractivity (Wildman–Crippen MR) is 83.9 cm³/mol. The summed E-state index contributed by atoms with van der Waals surface area (Å²) in [5.74, 6) is 0. The molecule has 1 aromatic rings. The van der Waals surface area contributed by atoms with Crippen molar-refractivity contribution >= 4 is 11.3 Å². The molecule has 2 rings (SSSR count). The molecule has 20 heavy (non-hydrogen) atoms. The number of aryl methyl sites for hydroxylation is 1. The number of hydrogen-bond acceptors (Lipinski definition) is 5. The van der Waals surface area contributed by atoms with Gasteiger partial charge in [-0.05, 0) is 27.3 Å². The lowest BCUT2D eigenvalue weighted by Gasteiger charge is -2.60. The van der Waals surface area contributed by atoms with Gasteiger partial charge in [-0.15, -0.1) is 11.3 Å². The Labute approximate surface area is 126 Å². The second-order valence-electron chi connectivity index (χ2n) is 6.56. The third-order valence-corrected chi connectivity index (χ3v) is 5.48. The third kappa shape index (κ3) is 2.91. The maximum absolute atomic E-state index is 6.62. The number of nitrogens with two attached hydrogens (primary N) is 1. The fourth-order valence-electron chi connectivity index (χ4n) is 3.07. The Morgan fingerprint density at radius 1 is 1.55 bits per heavy atom. The topological polar surface area (TPSA) is 51.4 Å². The predicted octanol–water partition coefficient (Wildman–Crippen LogP) is 2.42. The van der Waals surface area contributed by atoms with Crippen LogP contribution in [0.1, 0.15) is 37.9 Å². The molecule has 0 bridgehead atoms. The summed E-state index contributed by atoms with van der Waals surface area (Å²) in [5, 5.41) is 3.25. The van der Waals surface area contributed by atoms with Crippen molar-refractivity contribution in [3.63, 3.8) is 0 Å².